The highest BCUT2D eigenvalue weighted by Crippen LogP contribution is 1.87. The van der Waals surface area contributed by atoms with Gasteiger partial charge in [0.1, 0.15) is 6.17 Å². The van der Waals surface area contributed by atoms with E-state index in [4.69, 9.17) is 10.5 Å². The minimum absolute atomic E-state index is 0.117. The van der Waals surface area contributed by atoms with Crippen molar-refractivity contribution in [3.63, 3.8) is 0 Å². The molecule has 0 aromatic carbocycles. The predicted molar refractivity (Wildman–Crippen MR) is 27.3 cm³/mol. The molecule has 1 atom stereocenters. The van der Waals surface area contributed by atoms with Gasteiger partial charge in [0.05, 0.1) is 13.2 Å². The van der Waals surface area contributed by atoms with Gasteiger partial charge < -0.3 is 10.5 Å². The maximum absolute atomic E-state index is 5.31. The molecule has 3 nitrogen and oxygen atoms in total. The van der Waals surface area contributed by atoms with Gasteiger partial charge in [0.25, 0.3) is 0 Å². The van der Waals surface area contributed by atoms with Gasteiger partial charge in [0.15, 0.2) is 0 Å². The largest absolute Gasteiger partial charge is 0.372 e. The minimum Gasteiger partial charge on any atom is -0.372 e. The molecule has 7 heavy (non-hydrogen) atoms. The molecule has 1 heterocycles. The summed E-state index contributed by atoms with van der Waals surface area (Å²) >= 11 is 0. The van der Waals surface area contributed by atoms with Crippen LogP contribution in [0.2, 0.25) is 0 Å². The number of rotatable bonds is 0. The molecular weight excluding hydrogens is 92.1 g/mol. The lowest BCUT2D eigenvalue weighted by Crippen LogP contribution is -2.28. The van der Waals surface area contributed by atoms with Crippen LogP contribution in [-0.2, 0) is 4.74 Å². The first-order valence-corrected chi connectivity index (χ1v) is 2.24. The third kappa shape index (κ3) is 1.25. The van der Waals surface area contributed by atoms with Crippen LogP contribution in [0.3, 0.4) is 0 Å². The maximum Gasteiger partial charge on any atom is 0.120 e. The molecule has 0 aromatic heterocycles. The first-order chi connectivity index (χ1) is 3.39. The molecule has 0 spiro atoms. The average Bonchev–Trinajstić information content (AvgIpc) is 1.69. The van der Waals surface area contributed by atoms with Gasteiger partial charge >= 0.3 is 0 Å². The van der Waals surface area contributed by atoms with Gasteiger partial charge in [-0.05, 0) is 0 Å². The van der Waals surface area contributed by atoms with Gasteiger partial charge in [-0.25, -0.2) is 0 Å². The van der Waals surface area contributed by atoms with Crippen LogP contribution in [0.1, 0.15) is 0 Å². The van der Waals surface area contributed by atoms with Crippen molar-refractivity contribution in [1.82, 2.24) is 0 Å². The summed E-state index contributed by atoms with van der Waals surface area (Å²) in [6.45, 7) is 1.18. The Hall–Kier alpha value is -0.410. The zero-order valence-corrected chi connectivity index (χ0v) is 4.00. The average molecular weight is 100 g/mol. The summed E-state index contributed by atoms with van der Waals surface area (Å²) in [6.07, 6.45) is 1.57. The quantitative estimate of drug-likeness (QED) is 0.440. The fourth-order valence-corrected chi connectivity index (χ4v) is 0.463. The molecule has 40 valence electrons. The molecule has 0 fully saturated rings. The molecule has 0 radical (unpaired) electrons. The Kier molecular flexibility index (Phi) is 1.38. The minimum atomic E-state index is -0.117. The third-order valence-electron chi connectivity index (χ3n) is 0.778. The summed E-state index contributed by atoms with van der Waals surface area (Å²) in [6, 6.07) is 0. The zero-order valence-electron chi connectivity index (χ0n) is 4.00. The highest BCUT2D eigenvalue weighted by Gasteiger charge is 2.00. The second kappa shape index (κ2) is 2.04. The van der Waals surface area contributed by atoms with Crippen LogP contribution in [0.25, 0.3) is 0 Å². The highest BCUT2D eigenvalue weighted by molar-refractivity contribution is 5.59. The summed E-state index contributed by atoms with van der Waals surface area (Å²) in [5, 5.41) is 0. The fraction of sp³-hybridized carbons (Fsp3) is 0.750. The van der Waals surface area contributed by atoms with Crippen molar-refractivity contribution in [1.29, 1.82) is 0 Å². The Morgan fingerprint density at radius 2 is 2.71 bits per heavy atom. The Morgan fingerprint density at radius 3 is 3.00 bits per heavy atom. The van der Waals surface area contributed by atoms with E-state index in [1.165, 1.54) is 0 Å². The lowest BCUT2D eigenvalue weighted by atomic mass is 10.5. The van der Waals surface area contributed by atoms with Crippen LogP contribution in [0.15, 0.2) is 4.99 Å². The number of ether oxygens (including phenoxy) is 1. The van der Waals surface area contributed by atoms with Gasteiger partial charge in [-0.2, -0.15) is 0 Å². The Balaban J connectivity index is 2.36. The van der Waals surface area contributed by atoms with Crippen molar-refractivity contribution in [2.75, 3.05) is 13.2 Å². The van der Waals surface area contributed by atoms with Crippen molar-refractivity contribution in [3.8, 4) is 0 Å². The third-order valence-corrected chi connectivity index (χ3v) is 0.778. The van der Waals surface area contributed by atoms with Crippen LogP contribution in [0.4, 0.5) is 0 Å². The van der Waals surface area contributed by atoms with E-state index in [9.17, 15) is 0 Å². The first-order valence-electron chi connectivity index (χ1n) is 2.24. The number of aliphatic imine (C=N–C) groups is 1. The Morgan fingerprint density at radius 1 is 1.86 bits per heavy atom. The number of hydrogen-bond donors (Lipinski definition) is 1. The maximum atomic E-state index is 5.31. The summed E-state index contributed by atoms with van der Waals surface area (Å²) < 4.78 is 4.91. The molecule has 0 aromatic rings. The second-order valence-electron chi connectivity index (χ2n) is 1.44. The lowest BCUT2D eigenvalue weighted by Gasteiger charge is -2.09. The predicted octanol–water partition coefficient (Wildman–Crippen LogP) is -0.628. The molecule has 0 saturated heterocycles. The van der Waals surface area contributed by atoms with E-state index in [1.54, 1.807) is 6.21 Å². The molecule has 2 N–H and O–H groups in total. The molecular formula is C4H8N2O. The summed E-state index contributed by atoms with van der Waals surface area (Å²) in [5.74, 6) is 0. The number of nitrogens with two attached hydrogens (primary N) is 1. The molecule has 1 rings (SSSR count). The molecule has 0 aliphatic carbocycles. The first kappa shape index (κ1) is 4.74. The Labute approximate surface area is 42.2 Å². The van der Waals surface area contributed by atoms with Gasteiger partial charge in [0.2, 0.25) is 0 Å². The molecule has 1 aliphatic heterocycles. The zero-order chi connectivity index (χ0) is 5.11. The summed E-state index contributed by atoms with van der Waals surface area (Å²) in [4.78, 5) is 3.86. The standard InChI is InChI=1S/C4H8N2O/c5-4-3-7-2-1-6-4/h1,4H,2-3,5H2. The van der Waals surface area contributed by atoms with Gasteiger partial charge in [-0.1, -0.05) is 0 Å². The Bertz CT molecular complexity index is 81.8. The van der Waals surface area contributed by atoms with Crippen LogP contribution in [0, 0.1) is 0 Å². The van der Waals surface area contributed by atoms with Crippen molar-refractivity contribution in [2.24, 2.45) is 10.7 Å². The lowest BCUT2D eigenvalue weighted by molar-refractivity contribution is 0.149. The van der Waals surface area contributed by atoms with E-state index in [2.05, 4.69) is 4.99 Å². The monoisotopic (exact) mass is 100 g/mol. The van der Waals surface area contributed by atoms with E-state index < -0.39 is 0 Å². The van der Waals surface area contributed by atoms with Crippen LogP contribution >= 0.6 is 0 Å². The molecule has 1 unspecified atom stereocenters. The topological polar surface area (TPSA) is 47.6 Å². The smallest absolute Gasteiger partial charge is 0.120 e. The van der Waals surface area contributed by atoms with Crippen molar-refractivity contribution in [3.05, 3.63) is 0 Å². The molecule has 0 saturated carbocycles. The molecule has 1 aliphatic rings. The molecule has 3 heteroatoms. The number of hydrogen-bond acceptors (Lipinski definition) is 3. The van der Waals surface area contributed by atoms with E-state index >= 15 is 0 Å². The van der Waals surface area contributed by atoms with Gasteiger partial charge in [0, 0.05) is 6.21 Å². The van der Waals surface area contributed by atoms with E-state index in [0.29, 0.717) is 13.2 Å². The van der Waals surface area contributed by atoms with Crippen LogP contribution in [0.5, 0.6) is 0 Å². The normalized spacial score (nSPS) is 30.7. The van der Waals surface area contributed by atoms with E-state index in [1.807, 2.05) is 0 Å². The van der Waals surface area contributed by atoms with Gasteiger partial charge in [-0.3, -0.25) is 4.99 Å². The van der Waals surface area contributed by atoms with E-state index in [0.717, 1.165) is 0 Å². The fourth-order valence-electron chi connectivity index (χ4n) is 0.463. The second-order valence-corrected chi connectivity index (χ2v) is 1.44. The van der Waals surface area contributed by atoms with Crippen LogP contribution in [-0.4, -0.2) is 25.6 Å². The summed E-state index contributed by atoms with van der Waals surface area (Å²) in [7, 11) is 0. The van der Waals surface area contributed by atoms with Crippen molar-refractivity contribution < 1.29 is 4.74 Å². The molecule has 0 amide bonds. The van der Waals surface area contributed by atoms with E-state index in [-0.39, 0.29) is 6.17 Å². The molecule has 0 bridgehead atoms. The van der Waals surface area contributed by atoms with Crippen molar-refractivity contribution >= 4 is 6.21 Å². The van der Waals surface area contributed by atoms with Crippen LogP contribution < -0.4 is 5.73 Å². The summed E-state index contributed by atoms with van der Waals surface area (Å²) in [5.41, 5.74) is 5.31. The SMILES string of the molecule is NC1COCC=N1. The van der Waals surface area contributed by atoms with Crippen molar-refractivity contribution in [2.45, 2.75) is 6.17 Å². The number of nitrogens with zero attached hydrogens (tertiary/aromatic N) is 1. The van der Waals surface area contributed by atoms with Gasteiger partial charge in [-0.15, -0.1) is 0 Å². The highest BCUT2D eigenvalue weighted by atomic mass is 16.5.